The lowest BCUT2D eigenvalue weighted by Crippen LogP contribution is -2.45. The number of halogens is 1. The van der Waals surface area contributed by atoms with Gasteiger partial charge in [-0.05, 0) is 49.4 Å². The lowest BCUT2D eigenvalue weighted by Gasteiger charge is -2.33. The number of likely N-dealkylation sites (N-methyl/N-ethyl adjacent to an activating group) is 1. The van der Waals surface area contributed by atoms with Gasteiger partial charge in [-0.1, -0.05) is 19.8 Å². The topological polar surface area (TPSA) is 55.8 Å². The van der Waals surface area contributed by atoms with E-state index < -0.39 is 0 Å². The molecule has 28 heavy (non-hydrogen) atoms. The Bertz CT molecular complexity index is 621. The second-order valence-electron chi connectivity index (χ2n) is 8.15. The van der Waals surface area contributed by atoms with Gasteiger partial charge in [-0.25, -0.2) is 4.98 Å². The van der Waals surface area contributed by atoms with Crippen molar-refractivity contribution in [1.29, 1.82) is 0 Å². The Hall–Kier alpha value is -1.09. The van der Waals surface area contributed by atoms with E-state index in [2.05, 4.69) is 56.5 Å². The maximum atomic E-state index is 4.58. The summed E-state index contributed by atoms with van der Waals surface area (Å²) in [7, 11) is 4.03. The molecule has 1 aliphatic heterocycles. The average molecular weight is 500 g/mol. The van der Waals surface area contributed by atoms with E-state index in [-0.39, 0.29) is 24.0 Å². The quantitative estimate of drug-likeness (QED) is 0.357. The molecule has 158 valence electrons. The van der Waals surface area contributed by atoms with Gasteiger partial charge < -0.3 is 20.4 Å². The maximum absolute atomic E-state index is 4.58. The first-order chi connectivity index (χ1) is 13.1. The van der Waals surface area contributed by atoms with Crippen molar-refractivity contribution in [2.75, 3.05) is 51.7 Å². The highest BCUT2D eigenvalue weighted by Gasteiger charge is 2.31. The van der Waals surface area contributed by atoms with Gasteiger partial charge in [0, 0.05) is 52.5 Å². The normalized spacial score (nSPS) is 20.0. The van der Waals surface area contributed by atoms with Crippen molar-refractivity contribution in [3.05, 3.63) is 23.9 Å². The van der Waals surface area contributed by atoms with E-state index in [4.69, 9.17) is 0 Å². The molecule has 1 aromatic rings. The lowest BCUT2D eigenvalue weighted by atomic mass is 9.83. The minimum Gasteiger partial charge on any atom is -0.356 e. The highest BCUT2D eigenvalue weighted by Crippen LogP contribution is 2.40. The summed E-state index contributed by atoms with van der Waals surface area (Å²) in [6.45, 7) is 8.39. The minimum absolute atomic E-state index is 0. The smallest absolute Gasteiger partial charge is 0.191 e. The number of aromatic nitrogens is 1. The van der Waals surface area contributed by atoms with Gasteiger partial charge in [-0.15, -0.1) is 24.0 Å². The van der Waals surface area contributed by atoms with E-state index in [1.807, 2.05) is 13.2 Å². The van der Waals surface area contributed by atoms with Crippen molar-refractivity contribution in [1.82, 2.24) is 20.5 Å². The number of aliphatic imine (C=N–C) groups is 1. The molecule has 1 aliphatic carbocycles. The van der Waals surface area contributed by atoms with Crippen molar-refractivity contribution in [3.8, 4) is 0 Å². The first-order valence-corrected chi connectivity index (χ1v) is 10.5. The number of hydrogen-bond donors (Lipinski definition) is 2. The minimum atomic E-state index is 0. The molecule has 0 bridgehead atoms. The van der Waals surface area contributed by atoms with Crippen molar-refractivity contribution >= 4 is 35.8 Å². The average Bonchev–Trinajstić information content (AvgIpc) is 3.18. The van der Waals surface area contributed by atoms with E-state index in [0.29, 0.717) is 5.41 Å². The maximum Gasteiger partial charge on any atom is 0.191 e. The first-order valence-electron chi connectivity index (χ1n) is 10.5. The van der Waals surface area contributed by atoms with E-state index in [9.17, 15) is 0 Å². The van der Waals surface area contributed by atoms with Gasteiger partial charge in [0.2, 0.25) is 0 Å². The monoisotopic (exact) mass is 500 g/mol. The highest BCUT2D eigenvalue weighted by molar-refractivity contribution is 14.0. The molecule has 0 amide bonds. The van der Waals surface area contributed by atoms with Crippen LogP contribution in [0.25, 0.3) is 0 Å². The van der Waals surface area contributed by atoms with E-state index in [1.165, 1.54) is 37.7 Å². The number of nitrogens with one attached hydrogen (secondary N) is 2. The zero-order chi connectivity index (χ0) is 19.1. The Morgan fingerprint density at radius 1 is 1.18 bits per heavy atom. The van der Waals surface area contributed by atoms with Crippen LogP contribution < -0.4 is 15.5 Å². The SMILES string of the molecule is CCC1(CNC(=NC)NCc2ccnc(N3CCN(C)CC3)c2)CCCC1.I. The molecule has 0 unspecified atom stereocenters. The van der Waals surface area contributed by atoms with Gasteiger partial charge in [0.25, 0.3) is 0 Å². The fourth-order valence-corrected chi connectivity index (χ4v) is 4.24. The predicted octanol–water partition coefficient (Wildman–Crippen LogP) is 3.09. The molecule has 0 spiro atoms. The van der Waals surface area contributed by atoms with E-state index in [1.54, 1.807) is 0 Å². The Balaban J connectivity index is 0.00000280. The van der Waals surface area contributed by atoms with E-state index >= 15 is 0 Å². The highest BCUT2D eigenvalue weighted by atomic mass is 127. The van der Waals surface area contributed by atoms with Crippen LogP contribution in [0.3, 0.4) is 0 Å². The summed E-state index contributed by atoms with van der Waals surface area (Å²) >= 11 is 0. The number of guanidine groups is 1. The van der Waals surface area contributed by atoms with Gasteiger partial charge >= 0.3 is 0 Å². The molecule has 0 aromatic carbocycles. The zero-order valence-corrected chi connectivity index (χ0v) is 20.0. The van der Waals surface area contributed by atoms with Crippen molar-refractivity contribution < 1.29 is 0 Å². The van der Waals surface area contributed by atoms with Crippen molar-refractivity contribution in [2.45, 2.75) is 45.6 Å². The van der Waals surface area contributed by atoms with Crippen molar-refractivity contribution in [3.63, 3.8) is 0 Å². The zero-order valence-electron chi connectivity index (χ0n) is 17.7. The van der Waals surface area contributed by atoms with Crippen LogP contribution in [0.2, 0.25) is 0 Å². The Morgan fingerprint density at radius 2 is 1.89 bits per heavy atom. The van der Waals surface area contributed by atoms with Crippen LogP contribution in [0.5, 0.6) is 0 Å². The largest absolute Gasteiger partial charge is 0.356 e. The summed E-state index contributed by atoms with van der Waals surface area (Å²) in [6, 6.07) is 4.29. The second-order valence-corrected chi connectivity index (χ2v) is 8.15. The van der Waals surface area contributed by atoms with Gasteiger partial charge in [-0.2, -0.15) is 0 Å². The van der Waals surface area contributed by atoms with Crippen molar-refractivity contribution in [2.24, 2.45) is 10.4 Å². The number of rotatable bonds is 6. The molecular weight excluding hydrogens is 463 g/mol. The fourth-order valence-electron chi connectivity index (χ4n) is 4.24. The summed E-state index contributed by atoms with van der Waals surface area (Å²) in [4.78, 5) is 13.7. The molecule has 0 atom stereocenters. The fraction of sp³-hybridized carbons (Fsp3) is 0.714. The third-order valence-electron chi connectivity index (χ3n) is 6.37. The Labute approximate surface area is 187 Å². The summed E-state index contributed by atoms with van der Waals surface area (Å²) in [6.07, 6.45) is 8.58. The number of nitrogens with zero attached hydrogens (tertiary/aromatic N) is 4. The molecule has 6 nitrogen and oxygen atoms in total. The standard InChI is InChI=1S/C21H36N6.HI/c1-4-21(8-5-6-9-21)17-25-20(22-2)24-16-18-7-10-23-19(15-18)27-13-11-26(3)12-14-27;/h7,10,15H,4-6,8-9,11-14,16-17H2,1-3H3,(H2,22,24,25);1H. The van der Waals surface area contributed by atoms with Gasteiger partial charge in [0.05, 0.1) is 0 Å². The van der Waals surface area contributed by atoms with E-state index in [0.717, 1.165) is 51.0 Å². The van der Waals surface area contributed by atoms with Gasteiger partial charge in [-0.3, -0.25) is 4.99 Å². The van der Waals surface area contributed by atoms with Crippen LogP contribution in [-0.2, 0) is 6.54 Å². The molecule has 1 saturated heterocycles. The Morgan fingerprint density at radius 3 is 2.54 bits per heavy atom. The molecule has 2 N–H and O–H groups in total. The van der Waals surface area contributed by atoms with Crippen LogP contribution >= 0.6 is 24.0 Å². The van der Waals surface area contributed by atoms with Crippen LogP contribution in [0.1, 0.15) is 44.6 Å². The van der Waals surface area contributed by atoms with Gasteiger partial charge in [0.1, 0.15) is 5.82 Å². The van der Waals surface area contributed by atoms with Crippen LogP contribution in [0.15, 0.2) is 23.3 Å². The summed E-state index contributed by atoms with van der Waals surface area (Å²) in [5, 5.41) is 7.04. The number of anilines is 1. The molecule has 1 saturated carbocycles. The molecule has 7 heteroatoms. The molecule has 2 heterocycles. The molecule has 2 aliphatic rings. The summed E-state index contributed by atoms with van der Waals surface area (Å²) in [5.41, 5.74) is 1.70. The molecule has 0 radical (unpaired) electrons. The van der Waals surface area contributed by atoms with Crippen LogP contribution in [-0.4, -0.2) is 62.7 Å². The molecular formula is C21H37IN6. The molecule has 3 rings (SSSR count). The number of pyridine rings is 1. The van der Waals surface area contributed by atoms with Crippen LogP contribution in [0, 0.1) is 5.41 Å². The third-order valence-corrected chi connectivity index (χ3v) is 6.37. The second kappa shape index (κ2) is 11.2. The predicted molar refractivity (Wildman–Crippen MR) is 129 cm³/mol. The number of piperazine rings is 1. The van der Waals surface area contributed by atoms with Gasteiger partial charge in [0.15, 0.2) is 5.96 Å². The Kier molecular flexibility index (Phi) is 9.27. The third kappa shape index (κ3) is 6.20. The molecule has 2 fully saturated rings. The summed E-state index contributed by atoms with van der Waals surface area (Å²) < 4.78 is 0. The molecule has 1 aromatic heterocycles. The van der Waals surface area contributed by atoms with Crippen LogP contribution in [0.4, 0.5) is 5.82 Å². The summed E-state index contributed by atoms with van der Waals surface area (Å²) in [5.74, 6) is 1.98. The number of hydrogen-bond acceptors (Lipinski definition) is 4. The first kappa shape index (κ1) is 23.2. The lowest BCUT2D eigenvalue weighted by molar-refractivity contribution is 0.283.